The number of carbonyl (C=O) groups is 2. The molecular weight excluding hydrogens is 496 g/mol. The van der Waals surface area contributed by atoms with Crippen molar-refractivity contribution in [2.75, 3.05) is 27.3 Å². The quantitative estimate of drug-likeness (QED) is 0.292. The van der Waals surface area contributed by atoms with Gasteiger partial charge in [-0.25, -0.2) is 0 Å². The average Bonchev–Trinajstić information content (AvgIpc) is 3.42. The molecule has 8 heteroatoms. The summed E-state index contributed by atoms with van der Waals surface area (Å²) in [5.74, 6) is 1.05. The second-order valence-corrected chi connectivity index (χ2v) is 10.00. The minimum absolute atomic E-state index is 0.00771. The predicted molar refractivity (Wildman–Crippen MR) is 145 cm³/mol. The molecule has 2 amide bonds. The SMILES string of the molecule is CCC(C)N(CC(=O)N(CCc1ccc(OC)c(OC)c1)Cc1cccs1)C(=O)c1ccc(Cl)cc1. The predicted octanol–water partition coefficient (Wildman–Crippen LogP) is 5.93. The van der Waals surface area contributed by atoms with Gasteiger partial charge in [0.05, 0.1) is 20.8 Å². The van der Waals surface area contributed by atoms with Gasteiger partial charge >= 0.3 is 0 Å². The average molecular weight is 529 g/mol. The van der Waals surface area contributed by atoms with E-state index in [1.807, 2.05) is 54.5 Å². The Morgan fingerprint density at radius 1 is 1.03 bits per heavy atom. The lowest BCUT2D eigenvalue weighted by molar-refractivity contribution is -0.132. The summed E-state index contributed by atoms with van der Waals surface area (Å²) in [6, 6.07) is 16.5. The van der Waals surface area contributed by atoms with E-state index in [9.17, 15) is 9.59 Å². The van der Waals surface area contributed by atoms with Crippen LogP contribution in [0.1, 0.15) is 41.1 Å². The minimum atomic E-state index is -0.176. The van der Waals surface area contributed by atoms with Crippen molar-refractivity contribution in [2.45, 2.75) is 39.3 Å². The van der Waals surface area contributed by atoms with Crippen molar-refractivity contribution in [3.8, 4) is 11.5 Å². The van der Waals surface area contributed by atoms with E-state index in [0.717, 1.165) is 16.9 Å². The molecule has 36 heavy (non-hydrogen) atoms. The van der Waals surface area contributed by atoms with Crippen molar-refractivity contribution in [1.82, 2.24) is 9.80 Å². The molecular formula is C28H33ClN2O4S. The van der Waals surface area contributed by atoms with E-state index < -0.39 is 0 Å². The van der Waals surface area contributed by atoms with Crippen LogP contribution in [0, 0.1) is 0 Å². The van der Waals surface area contributed by atoms with Gasteiger partial charge in [-0.15, -0.1) is 11.3 Å². The number of methoxy groups -OCH3 is 2. The first-order valence-electron chi connectivity index (χ1n) is 11.9. The fourth-order valence-corrected chi connectivity index (χ4v) is 4.68. The van der Waals surface area contributed by atoms with E-state index in [4.69, 9.17) is 21.1 Å². The fraction of sp³-hybridized carbons (Fsp3) is 0.357. The molecule has 0 aliphatic carbocycles. The molecule has 1 unspecified atom stereocenters. The monoisotopic (exact) mass is 528 g/mol. The first-order valence-corrected chi connectivity index (χ1v) is 13.2. The Labute approximate surface area is 222 Å². The van der Waals surface area contributed by atoms with Crippen LogP contribution in [0.25, 0.3) is 0 Å². The summed E-state index contributed by atoms with van der Waals surface area (Å²) in [5, 5.41) is 2.57. The molecule has 0 saturated carbocycles. The van der Waals surface area contributed by atoms with Crippen molar-refractivity contribution in [2.24, 2.45) is 0 Å². The molecule has 0 aliphatic heterocycles. The summed E-state index contributed by atoms with van der Waals surface area (Å²) < 4.78 is 10.8. The van der Waals surface area contributed by atoms with Gasteiger partial charge in [0.1, 0.15) is 6.54 Å². The Bertz CT molecular complexity index is 1130. The van der Waals surface area contributed by atoms with Gasteiger partial charge in [0, 0.05) is 28.0 Å². The number of halogens is 1. The number of thiophene rings is 1. The molecule has 0 fully saturated rings. The highest BCUT2D eigenvalue weighted by Crippen LogP contribution is 2.28. The van der Waals surface area contributed by atoms with Gasteiger partial charge in [-0.05, 0) is 73.2 Å². The number of benzene rings is 2. The van der Waals surface area contributed by atoms with Crippen LogP contribution in [-0.2, 0) is 17.8 Å². The van der Waals surface area contributed by atoms with E-state index in [1.54, 1.807) is 54.7 Å². The van der Waals surface area contributed by atoms with Crippen molar-refractivity contribution < 1.29 is 19.1 Å². The summed E-state index contributed by atoms with van der Waals surface area (Å²) in [6.45, 7) is 4.99. The number of amides is 2. The Morgan fingerprint density at radius 2 is 1.75 bits per heavy atom. The number of rotatable bonds is 12. The first-order chi connectivity index (χ1) is 17.4. The fourth-order valence-electron chi connectivity index (χ4n) is 3.83. The molecule has 0 N–H and O–H groups in total. The van der Waals surface area contributed by atoms with Crippen LogP contribution in [0.15, 0.2) is 60.0 Å². The van der Waals surface area contributed by atoms with Crippen LogP contribution in [0.2, 0.25) is 5.02 Å². The summed E-state index contributed by atoms with van der Waals surface area (Å²) >= 11 is 7.61. The van der Waals surface area contributed by atoms with E-state index in [0.29, 0.717) is 41.6 Å². The molecule has 6 nitrogen and oxygen atoms in total. The molecule has 2 aromatic carbocycles. The summed E-state index contributed by atoms with van der Waals surface area (Å²) in [7, 11) is 3.21. The molecule has 0 aliphatic rings. The normalized spacial score (nSPS) is 11.6. The Hall–Kier alpha value is -3.03. The van der Waals surface area contributed by atoms with Gasteiger partial charge in [0.2, 0.25) is 5.91 Å². The van der Waals surface area contributed by atoms with Gasteiger partial charge in [-0.3, -0.25) is 9.59 Å². The van der Waals surface area contributed by atoms with Gasteiger partial charge in [-0.1, -0.05) is 30.7 Å². The smallest absolute Gasteiger partial charge is 0.254 e. The molecule has 192 valence electrons. The minimum Gasteiger partial charge on any atom is -0.493 e. The van der Waals surface area contributed by atoms with Crippen LogP contribution in [0.4, 0.5) is 0 Å². The van der Waals surface area contributed by atoms with Crippen LogP contribution < -0.4 is 9.47 Å². The van der Waals surface area contributed by atoms with E-state index in [2.05, 4.69) is 0 Å². The summed E-state index contributed by atoms with van der Waals surface area (Å²) in [5.41, 5.74) is 1.55. The van der Waals surface area contributed by atoms with Crippen LogP contribution >= 0.6 is 22.9 Å². The molecule has 0 bridgehead atoms. The van der Waals surface area contributed by atoms with Gasteiger partial charge in [0.15, 0.2) is 11.5 Å². The van der Waals surface area contributed by atoms with Crippen molar-refractivity contribution in [3.05, 3.63) is 81.0 Å². The van der Waals surface area contributed by atoms with Gasteiger partial charge in [-0.2, -0.15) is 0 Å². The van der Waals surface area contributed by atoms with Crippen molar-refractivity contribution in [1.29, 1.82) is 0 Å². The van der Waals surface area contributed by atoms with E-state index in [1.165, 1.54) is 0 Å². The molecule has 0 saturated heterocycles. The third-order valence-corrected chi connectivity index (χ3v) is 7.29. The lowest BCUT2D eigenvalue weighted by Gasteiger charge is -2.31. The largest absolute Gasteiger partial charge is 0.493 e. The van der Waals surface area contributed by atoms with Crippen molar-refractivity contribution in [3.63, 3.8) is 0 Å². The zero-order valence-corrected chi connectivity index (χ0v) is 22.8. The standard InChI is InChI=1S/C28H33ClN2O4S/c1-5-20(2)31(28(33)22-9-11-23(29)12-10-22)19-27(32)30(18-24-7-6-16-36-24)15-14-21-8-13-25(34-3)26(17-21)35-4/h6-13,16-17,20H,5,14-15,18-19H2,1-4H3. The zero-order chi connectivity index (χ0) is 26.1. The number of carbonyl (C=O) groups excluding carboxylic acids is 2. The Morgan fingerprint density at radius 3 is 2.36 bits per heavy atom. The zero-order valence-electron chi connectivity index (χ0n) is 21.2. The second-order valence-electron chi connectivity index (χ2n) is 8.53. The maximum absolute atomic E-state index is 13.6. The van der Waals surface area contributed by atoms with Crippen LogP contribution in [0.3, 0.4) is 0 Å². The number of hydrogen-bond donors (Lipinski definition) is 0. The van der Waals surface area contributed by atoms with E-state index in [-0.39, 0.29) is 24.4 Å². The maximum atomic E-state index is 13.6. The Kier molecular flexibility index (Phi) is 10.2. The highest BCUT2D eigenvalue weighted by atomic mass is 35.5. The highest BCUT2D eigenvalue weighted by molar-refractivity contribution is 7.09. The molecule has 3 aromatic rings. The number of nitrogens with zero attached hydrogens (tertiary/aromatic N) is 2. The van der Waals surface area contributed by atoms with Crippen LogP contribution in [0.5, 0.6) is 11.5 Å². The molecule has 1 aromatic heterocycles. The summed E-state index contributed by atoms with van der Waals surface area (Å²) in [4.78, 5) is 31.5. The Balaban J connectivity index is 1.79. The number of ether oxygens (including phenoxy) is 2. The van der Waals surface area contributed by atoms with Crippen LogP contribution in [-0.4, -0.2) is 55.0 Å². The second kappa shape index (κ2) is 13.3. The lowest BCUT2D eigenvalue weighted by Crippen LogP contribution is -2.46. The lowest BCUT2D eigenvalue weighted by atomic mass is 10.1. The third-order valence-electron chi connectivity index (χ3n) is 6.18. The van der Waals surface area contributed by atoms with E-state index >= 15 is 0 Å². The molecule has 3 rings (SSSR count). The molecule has 0 spiro atoms. The molecule has 0 radical (unpaired) electrons. The molecule has 1 heterocycles. The van der Waals surface area contributed by atoms with Crippen molar-refractivity contribution >= 4 is 34.8 Å². The topological polar surface area (TPSA) is 59.1 Å². The maximum Gasteiger partial charge on any atom is 0.254 e. The van der Waals surface area contributed by atoms with Gasteiger partial charge < -0.3 is 19.3 Å². The summed E-state index contributed by atoms with van der Waals surface area (Å²) in [6.07, 6.45) is 1.38. The highest BCUT2D eigenvalue weighted by Gasteiger charge is 2.26. The van der Waals surface area contributed by atoms with Gasteiger partial charge in [0.25, 0.3) is 5.91 Å². The first kappa shape index (κ1) is 27.6. The molecule has 1 atom stereocenters. The number of hydrogen-bond acceptors (Lipinski definition) is 5. The third kappa shape index (κ3) is 7.24.